The van der Waals surface area contributed by atoms with Crippen molar-refractivity contribution in [1.29, 1.82) is 0 Å². The minimum Gasteiger partial charge on any atom is -0.327 e. The van der Waals surface area contributed by atoms with Crippen molar-refractivity contribution in [3.05, 3.63) is 43.7 Å². The average Bonchev–Trinajstić information content (AvgIpc) is 2.99. The van der Waals surface area contributed by atoms with Crippen molar-refractivity contribution in [3.8, 4) is 0 Å². The maximum absolute atomic E-state index is 6.03. The van der Waals surface area contributed by atoms with Crippen LogP contribution in [0.15, 0.2) is 23.6 Å². The molecule has 2 aromatic heterocycles. The second-order valence-corrected chi connectivity index (χ2v) is 7.13. The third-order valence-corrected chi connectivity index (χ3v) is 4.90. The molecule has 3 aromatic rings. The highest BCUT2D eigenvalue weighted by Crippen LogP contribution is 2.21. The molecular weight excluding hydrogens is 405 g/mol. The SMILES string of the molecule is Cc1nc(CCn2c(CCl)nc3cc(I)ccc32)cs1. The van der Waals surface area contributed by atoms with Crippen molar-refractivity contribution >= 4 is 56.6 Å². The van der Waals surface area contributed by atoms with Gasteiger partial charge in [0.1, 0.15) is 5.82 Å². The summed E-state index contributed by atoms with van der Waals surface area (Å²) in [6, 6.07) is 6.31. The number of hydrogen-bond acceptors (Lipinski definition) is 3. The van der Waals surface area contributed by atoms with Gasteiger partial charge in [0.2, 0.25) is 0 Å². The first-order chi connectivity index (χ1) is 9.67. The lowest BCUT2D eigenvalue weighted by Gasteiger charge is -2.06. The van der Waals surface area contributed by atoms with E-state index >= 15 is 0 Å². The molecule has 0 unspecified atom stereocenters. The second kappa shape index (κ2) is 5.99. The molecule has 1 aromatic carbocycles. The maximum atomic E-state index is 6.03. The van der Waals surface area contributed by atoms with Crippen LogP contribution >= 0.6 is 45.5 Å². The Kier molecular flexibility index (Phi) is 4.28. The van der Waals surface area contributed by atoms with Gasteiger partial charge in [-0.15, -0.1) is 22.9 Å². The molecule has 0 radical (unpaired) electrons. The van der Waals surface area contributed by atoms with Gasteiger partial charge in [-0.1, -0.05) is 0 Å². The van der Waals surface area contributed by atoms with Gasteiger partial charge in [0.15, 0.2) is 0 Å². The summed E-state index contributed by atoms with van der Waals surface area (Å²) in [5.41, 5.74) is 3.30. The van der Waals surface area contributed by atoms with Crippen molar-refractivity contribution in [3.63, 3.8) is 0 Å². The number of halogens is 2. The van der Waals surface area contributed by atoms with Crippen molar-refractivity contribution in [2.75, 3.05) is 0 Å². The zero-order valence-electron chi connectivity index (χ0n) is 10.9. The molecule has 20 heavy (non-hydrogen) atoms. The molecule has 2 heterocycles. The van der Waals surface area contributed by atoms with Crippen LogP contribution in [0, 0.1) is 10.5 Å². The summed E-state index contributed by atoms with van der Waals surface area (Å²) in [6.45, 7) is 2.90. The molecule has 0 fully saturated rings. The van der Waals surface area contributed by atoms with Crippen LogP contribution in [0.5, 0.6) is 0 Å². The van der Waals surface area contributed by atoms with Crippen LogP contribution in [0.2, 0.25) is 0 Å². The number of benzene rings is 1. The van der Waals surface area contributed by atoms with Crippen molar-refractivity contribution < 1.29 is 0 Å². The average molecular weight is 418 g/mol. The fraction of sp³-hybridized carbons (Fsp3) is 0.286. The highest BCUT2D eigenvalue weighted by molar-refractivity contribution is 14.1. The lowest BCUT2D eigenvalue weighted by molar-refractivity contribution is 0.680. The molecule has 0 bridgehead atoms. The van der Waals surface area contributed by atoms with Crippen LogP contribution in [-0.2, 0) is 18.8 Å². The highest BCUT2D eigenvalue weighted by Gasteiger charge is 2.10. The number of alkyl halides is 1. The molecule has 0 N–H and O–H groups in total. The largest absolute Gasteiger partial charge is 0.327 e. The summed E-state index contributed by atoms with van der Waals surface area (Å²) in [7, 11) is 0. The molecule has 3 rings (SSSR count). The fourth-order valence-corrected chi connectivity index (χ4v) is 3.58. The van der Waals surface area contributed by atoms with E-state index in [0.717, 1.165) is 40.5 Å². The second-order valence-electron chi connectivity index (χ2n) is 4.55. The number of aryl methyl sites for hydroxylation is 3. The van der Waals surface area contributed by atoms with Crippen LogP contribution < -0.4 is 0 Å². The first kappa shape index (κ1) is 14.3. The van der Waals surface area contributed by atoms with Gasteiger partial charge in [0.25, 0.3) is 0 Å². The number of rotatable bonds is 4. The van der Waals surface area contributed by atoms with E-state index in [1.165, 1.54) is 3.57 Å². The molecule has 0 spiro atoms. The zero-order chi connectivity index (χ0) is 14.1. The van der Waals surface area contributed by atoms with Gasteiger partial charge in [0.05, 0.1) is 27.6 Å². The third kappa shape index (κ3) is 2.84. The topological polar surface area (TPSA) is 30.7 Å². The van der Waals surface area contributed by atoms with Crippen LogP contribution in [0.25, 0.3) is 11.0 Å². The Hall–Kier alpha value is -0.660. The van der Waals surface area contributed by atoms with E-state index in [1.807, 2.05) is 6.92 Å². The maximum Gasteiger partial charge on any atom is 0.124 e. The molecular formula is C14H13ClIN3S. The Morgan fingerprint density at radius 3 is 2.90 bits per heavy atom. The van der Waals surface area contributed by atoms with E-state index in [9.17, 15) is 0 Å². The molecule has 0 aliphatic heterocycles. The van der Waals surface area contributed by atoms with E-state index in [0.29, 0.717) is 5.88 Å². The number of imidazole rings is 1. The van der Waals surface area contributed by atoms with Gasteiger partial charge >= 0.3 is 0 Å². The Morgan fingerprint density at radius 2 is 2.20 bits per heavy atom. The lowest BCUT2D eigenvalue weighted by atomic mass is 10.3. The number of aromatic nitrogens is 3. The van der Waals surface area contributed by atoms with Gasteiger partial charge in [-0.2, -0.15) is 0 Å². The molecule has 0 aliphatic carbocycles. The Labute approximate surface area is 140 Å². The lowest BCUT2D eigenvalue weighted by Crippen LogP contribution is -2.05. The first-order valence-electron chi connectivity index (χ1n) is 6.29. The molecule has 0 saturated carbocycles. The highest BCUT2D eigenvalue weighted by atomic mass is 127. The number of fused-ring (bicyclic) bond motifs is 1. The van der Waals surface area contributed by atoms with Crippen LogP contribution in [-0.4, -0.2) is 14.5 Å². The Bertz CT molecular complexity index is 750. The molecule has 0 saturated heterocycles. The molecule has 6 heteroatoms. The zero-order valence-corrected chi connectivity index (χ0v) is 14.7. The van der Waals surface area contributed by atoms with Crippen molar-refractivity contribution in [2.45, 2.75) is 25.8 Å². The van der Waals surface area contributed by atoms with Crippen molar-refractivity contribution in [2.24, 2.45) is 0 Å². The summed E-state index contributed by atoms with van der Waals surface area (Å²) < 4.78 is 3.39. The van der Waals surface area contributed by atoms with E-state index in [1.54, 1.807) is 11.3 Å². The summed E-state index contributed by atoms with van der Waals surface area (Å²) in [4.78, 5) is 9.13. The first-order valence-corrected chi connectivity index (χ1v) is 8.78. The molecule has 0 amide bonds. The quantitative estimate of drug-likeness (QED) is 0.466. The molecule has 0 aliphatic rings. The van der Waals surface area contributed by atoms with Crippen LogP contribution in [0.3, 0.4) is 0 Å². The summed E-state index contributed by atoms with van der Waals surface area (Å²) in [6.07, 6.45) is 0.908. The predicted molar refractivity (Wildman–Crippen MR) is 92.6 cm³/mol. The van der Waals surface area contributed by atoms with Crippen LogP contribution in [0.1, 0.15) is 16.5 Å². The number of thiazole rings is 1. The summed E-state index contributed by atoms with van der Waals surface area (Å²) >= 11 is 10.0. The summed E-state index contributed by atoms with van der Waals surface area (Å²) in [5, 5.41) is 3.24. The van der Waals surface area contributed by atoms with E-state index in [4.69, 9.17) is 11.6 Å². The van der Waals surface area contributed by atoms with E-state index in [2.05, 4.69) is 60.7 Å². The van der Waals surface area contributed by atoms with E-state index in [-0.39, 0.29) is 0 Å². The van der Waals surface area contributed by atoms with Gasteiger partial charge in [-0.25, -0.2) is 9.97 Å². The summed E-state index contributed by atoms with van der Waals surface area (Å²) in [5.74, 6) is 1.36. The molecule has 3 nitrogen and oxygen atoms in total. The predicted octanol–water partition coefficient (Wildman–Crippen LogP) is 4.39. The van der Waals surface area contributed by atoms with Crippen molar-refractivity contribution in [1.82, 2.24) is 14.5 Å². The smallest absolute Gasteiger partial charge is 0.124 e. The Morgan fingerprint density at radius 1 is 1.35 bits per heavy atom. The van der Waals surface area contributed by atoms with Gasteiger partial charge in [0, 0.05) is 21.9 Å². The normalized spacial score (nSPS) is 11.3. The van der Waals surface area contributed by atoms with Gasteiger partial charge < -0.3 is 4.57 Å². The minimum atomic E-state index is 0.432. The minimum absolute atomic E-state index is 0.432. The molecule has 0 atom stereocenters. The monoisotopic (exact) mass is 417 g/mol. The van der Waals surface area contributed by atoms with Crippen LogP contribution in [0.4, 0.5) is 0 Å². The number of hydrogen-bond donors (Lipinski definition) is 0. The third-order valence-electron chi connectivity index (χ3n) is 3.17. The number of nitrogens with zero attached hydrogens (tertiary/aromatic N) is 3. The standard InChI is InChI=1S/C14H13ClIN3S/c1-9-17-11(8-20-9)4-5-19-13-3-2-10(16)6-12(13)18-14(19)7-15/h2-3,6,8H,4-5,7H2,1H3. The van der Waals surface area contributed by atoms with E-state index < -0.39 is 0 Å². The molecule has 104 valence electrons. The fourth-order valence-electron chi connectivity index (χ4n) is 2.25. The van der Waals surface area contributed by atoms with Gasteiger partial charge in [-0.3, -0.25) is 0 Å². The Balaban J connectivity index is 1.93. The van der Waals surface area contributed by atoms with Gasteiger partial charge in [-0.05, 0) is 47.7 Å².